The molecule has 0 spiro atoms. The minimum Gasteiger partial charge on any atom is -0.496 e. The van der Waals surface area contributed by atoms with Crippen LogP contribution in [0.1, 0.15) is 22.8 Å². The number of hydrogen-bond donors (Lipinski definition) is 1. The van der Waals surface area contributed by atoms with E-state index in [0.29, 0.717) is 16.9 Å². The van der Waals surface area contributed by atoms with Crippen LogP contribution in [0, 0.1) is 0 Å². The molecular weight excluding hydrogens is 269 g/mol. The molecule has 0 bridgehead atoms. The van der Waals surface area contributed by atoms with Crippen molar-refractivity contribution in [3.05, 3.63) is 65.2 Å². The monoisotopic (exact) mass is 282 g/mol. The van der Waals surface area contributed by atoms with E-state index in [4.69, 9.17) is 4.74 Å². The van der Waals surface area contributed by atoms with Crippen molar-refractivity contribution in [3.8, 4) is 5.75 Å². The van der Waals surface area contributed by atoms with Crippen molar-refractivity contribution in [3.63, 3.8) is 0 Å². The molecule has 20 heavy (non-hydrogen) atoms. The Hall–Kier alpha value is -2.01. The molecular formula is C15H13F3O2. The highest BCUT2D eigenvalue weighted by Gasteiger charge is 2.30. The number of para-hydroxylation sites is 1. The fraction of sp³-hybridized carbons (Fsp3) is 0.200. The number of benzene rings is 2. The maximum atomic E-state index is 12.5. The largest absolute Gasteiger partial charge is 0.496 e. The quantitative estimate of drug-likeness (QED) is 0.928. The molecule has 0 amide bonds. The Morgan fingerprint density at radius 1 is 1.00 bits per heavy atom. The van der Waals surface area contributed by atoms with Crippen LogP contribution in [0.3, 0.4) is 0 Å². The fourth-order valence-electron chi connectivity index (χ4n) is 1.93. The lowest BCUT2D eigenvalue weighted by Gasteiger charge is -2.15. The van der Waals surface area contributed by atoms with E-state index in [1.54, 1.807) is 24.3 Å². The van der Waals surface area contributed by atoms with E-state index < -0.39 is 17.8 Å². The SMILES string of the molecule is COc1ccccc1C(O)c1ccc(C(F)(F)F)cc1. The second-order valence-corrected chi connectivity index (χ2v) is 4.26. The standard InChI is InChI=1S/C15H13F3O2/c1-20-13-5-3-2-4-12(13)14(19)10-6-8-11(9-7-10)15(16,17)18/h2-9,14,19H,1H3. The summed E-state index contributed by atoms with van der Waals surface area (Å²) in [7, 11) is 1.47. The number of alkyl halides is 3. The highest BCUT2D eigenvalue weighted by atomic mass is 19.4. The molecule has 0 aliphatic rings. The molecule has 0 aromatic heterocycles. The Bertz CT molecular complexity index is 576. The van der Waals surface area contributed by atoms with Gasteiger partial charge in [0, 0.05) is 5.56 Å². The van der Waals surface area contributed by atoms with Gasteiger partial charge >= 0.3 is 6.18 Å². The van der Waals surface area contributed by atoms with Gasteiger partial charge in [0.1, 0.15) is 11.9 Å². The molecule has 2 rings (SSSR count). The van der Waals surface area contributed by atoms with Crippen molar-refractivity contribution in [2.45, 2.75) is 12.3 Å². The fourth-order valence-corrected chi connectivity index (χ4v) is 1.93. The van der Waals surface area contributed by atoms with E-state index in [1.165, 1.54) is 19.2 Å². The number of halogens is 3. The topological polar surface area (TPSA) is 29.5 Å². The van der Waals surface area contributed by atoms with Crippen molar-refractivity contribution >= 4 is 0 Å². The van der Waals surface area contributed by atoms with E-state index >= 15 is 0 Å². The minimum atomic E-state index is -4.38. The van der Waals surface area contributed by atoms with Crippen molar-refractivity contribution in [1.29, 1.82) is 0 Å². The van der Waals surface area contributed by atoms with Crippen LogP contribution in [0.5, 0.6) is 5.75 Å². The highest BCUT2D eigenvalue weighted by molar-refractivity contribution is 5.40. The van der Waals surface area contributed by atoms with Gasteiger partial charge in [0.05, 0.1) is 12.7 Å². The van der Waals surface area contributed by atoms with Crippen molar-refractivity contribution < 1.29 is 23.0 Å². The summed E-state index contributed by atoms with van der Waals surface area (Å²) < 4.78 is 42.6. The number of methoxy groups -OCH3 is 1. The first-order valence-electron chi connectivity index (χ1n) is 5.91. The molecule has 0 saturated carbocycles. The predicted octanol–water partition coefficient (Wildman–Crippen LogP) is 3.80. The first-order valence-corrected chi connectivity index (χ1v) is 5.91. The third-order valence-corrected chi connectivity index (χ3v) is 2.99. The van der Waals surface area contributed by atoms with Crippen molar-refractivity contribution in [2.75, 3.05) is 7.11 Å². The number of ether oxygens (including phenoxy) is 1. The van der Waals surface area contributed by atoms with Crippen LogP contribution in [0.25, 0.3) is 0 Å². The van der Waals surface area contributed by atoms with Crippen LogP contribution < -0.4 is 4.74 Å². The van der Waals surface area contributed by atoms with Gasteiger partial charge in [-0.3, -0.25) is 0 Å². The first-order chi connectivity index (χ1) is 9.43. The summed E-state index contributed by atoms with van der Waals surface area (Å²) in [6.45, 7) is 0. The summed E-state index contributed by atoms with van der Waals surface area (Å²) in [4.78, 5) is 0. The summed E-state index contributed by atoms with van der Waals surface area (Å²) in [5.74, 6) is 0.486. The van der Waals surface area contributed by atoms with Gasteiger partial charge < -0.3 is 9.84 Å². The zero-order valence-corrected chi connectivity index (χ0v) is 10.7. The summed E-state index contributed by atoms with van der Waals surface area (Å²) in [6.07, 6.45) is -5.41. The van der Waals surface area contributed by atoms with E-state index in [1.807, 2.05) is 0 Å². The van der Waals surface area contributed by atoms with Gasteiger partial charge in [0.2, 0.25) is 0 Å². The zero-order chi connectivity index (χ0) is 14.8. The van der Waals surface area contributed by atoms with Gasteiger partial charge in [-0.15, -0.1) is 0 Å². The number of hydrogen-bond acceptors (Lipinski definition) is 2. The molecule has 0 aliphatic carbocycles. The maximum Gasteiger partial charge on any atom is 0.416 e. The average molecular weight is 282 g/mol. The Morgan fingerprint density at radius 3 is 2.15 bits per heavy atom. The Labute approximate surface area is 114 Å². The molecule has 2 aromatic rings. The molecule has 2 nitrogen and oxygen atoms in total. The van der Waals surface area contributed by atoms with E-state index in [0.717, 1.165) is 12.1 Å². The number of rotatable bonds is 3. The van der Waals surface area contributed by atoms with Crippen LogP contribution in [0.2, 0.25) is 0 Å². The van der Waals surface area contributed by atoms with E-state index in [2.05, 4.69) is 0 Å². The Kier molecular flexibility index (Phi) is 3.99. The molecule has 5 heteroatoms. The molecule has 2 aromatic carbocycles. The summed E-state index contributed by atoms with van der Waals surface area (Å²) >= 11 is 0. The number of aliphatic hydroxyl groups excluding tert-OH is 1. The van der Waals surface area contributed by atoms with E-state index in [-0.39, 0.29) is 0 Å². The minimum absolute atomic E-state index is 0.377. The lowest BCUT2D eigenvalue weighted by Crippen LogP contribution is -2.06. The van der Waals surface area contributed by atoms with Gasteiger partial charge in [-0.1, -0.05) is 30.3 Å². The highest BCUT2D eigenvalue weighted by Crippen LogP contribution is 2.33. The molecule has 0 saturated heterocycles. The Morgan fingerprint density at radius 2 is 1.60 bits per heavy atom. The van der Waals surface area contributed by atoms with Crippen LogP contribution in [0.15, 0.2) is 48.5 Å². The Balaban J connectivity index is 2.32. The van der Waals surface area contributed by atoms with Crippen LogP contribution in [0.4, 0.5) is 13.2 Å². The second kappa shape index (κ2) is 5.54. The van der Waals surface area contributed by atoms with Crippen LogP contribution >= 0.6 is 0 Å². The van der Waals surface area contributed by atoms with Gasteiger partial charge in [0.25, 0.3) is 0 Å². The van der Waals surface area contributed by atoms with Gasteiger partial charge in [0.15, 0.2) is 0 Å². The molecule has 0 aliphatic heterocycles. The predicted molar refractivity (Wildman–Crippen MR) is 68.5 cm³/mol. The summed E-state index contributed by atoms with van der Waals surface area (Å²) in [5, 5.41) is 10.2. The molecule has 106 valence electrons. The van der Waals surface area contributed by atoms with Crippen molar-refractivity contribution in [2.24, 2.45) is 0 Å². The summed E-state index contributed by atoms with van der Waals surface area (Å²) in [6, 6.07) is 11.3. The zero-order valence-electron chi connectivity index (χ0n) is 10.7. The smallest absolute Gasteiger partial charge is 0.416 e. The molecule has 1 unspecified atom stereocenters. The van der Waals surface area contributed by atoms with Gasteiger partial charge in [-0.05, 0) is 23.8 Å². The lowest BCUT2D eigenvalue weighted by atomic mass is 9.99. The number of aliphatic hydroxyl groups is 1. The molecule has 1 N–H and O–H groups in total. The average Bonchev–Trinajstić information content (AvgIpc) is 2.45. The third kappa shape index (κ3) is 2.93. The molecule has 0 radical (unpaired) electrons. The van der Waals surface area contributed by atoms with Crippen molar-refractivity contribution in [1.82, 2.24) is 0 Å². The lowest BCUT2D eigenvalue weighted by molar-refractivity contribution is -0.137. The molecule has 0 heterocycles. The van der Waals surface area contributed by atoms with Gasteiger partial charge in [-0.25, -0.2) is 0 Å². The third-order valence-electron chi connectivity index (χ3n) is 2.99. The second-order valence-electron chi connectivity index (χ2n) is 4.26. The van der Waals surface area contributed by atoms with Crippen LogP contribution in [-0.4, -0.2) is 12.2 Å². The van der Waals surface area contributed by atoms with Crippen LogP contribution in [-0.2, 0) is 6.18 Å². The van der Waals surface area contributed by atoms with E-state index in [9.17, 15) is 18.3 Å². The van der Waals surface area contributed by atoms with Gasteiger partial charge in [-0.2, -0.15) is 13.2 Å². The normalized spacial score (nSPS) is 13.1. The molecule has 0 fully saturated rings. The molecule has 1 atom stereocenters. The first kappa shape index (κ1) is 14.4. The maximum absolute atomic E-state index is 12.5. The summed E-state index contributed by atoms with van der Waals surface area (Å²) in [5.41, 5.74) is 0.144.